The number of nitrogens with zero attached hydrogens (tertiary/aromatic N) is 2. The first kappa shape index (κ1) is 41.3. The van der Waals surface area contributed by atoms with Crippen molar-refractivity contribution in [1.29, 1.82) is 0 Å². The molecular formula is C40H45N5O7S3. The smallest absolute Gasteiger partial charge is 0.320 e. The van der Waals surface area contributed by atoms with E-state index in [-0.39, 0.29) is 29.7 Å². The number of carbonyl (C=O) groups excluding carboxylic acids is 1. The molecule has 2 fully saturated rings. The molecule has 6 rings (SSSR count). The quantitative estimate of drug-likeness (QED) is 0.165. The van der Waals surface area contributed by atoms with Crippen LogP contribution in [0.15, 0.2) is 108 Å². The normalized spacial score (nSPS) is 20.5. The fraction of sp³-hybridized carbons (Fsp3) is 0.325. The molecule has 0 aliphatic carbocycles. The minimum absolute atomic E-state index is 0.0136. The fourth-order valence-corrected chi connectivity index (χ4v) is 9.52. The Kier molecular flexibility index (Phi) is 13.0. The Morgan fingerprint density at radius 3 is 1.82 bits per heavy atom. The molecule has 15 heteroatoms. The molecule has 0 bridgehead atoms. The van der Waals surface area contributed by atoms with E-state index in [1.165, 1.54) is 0 Å². The molecular weight excluding hydrogens is 759 g/mol. The van der Waals surface area contributed by atoms with Gasteiger partial charge in [-0.15, -0.1) is 4.40 Å². The maximum absolute atomic E-state index is 12.3. The Balaban J connectivity index is 0.000000212. The number of benzene rings is 4. The Morgan fingerprint density at radius 2 is 1.29 bits per heavy atom. The molecule has 2 saturated heterocycles. The van der Waals surface area contributed by atoms with Crippen LogP contribution >= 0.6 is 0 Å². The van der Waals surface area contributed by atoms with Crippen molar-refractivity contribution in [1.82, 2.24) is 15.4 Å². The second-order valence-electron chi connectivity index (χ2n) is 14.0. The van der Waals surface area contributed by atoms with Crippen LogP contribution in [0.5, 0.6) is 0 Å². The molecule has 290 valence electrons. The molecule has 0 spiro atoms. The number of amides is 2. The van der Waals surface area contributed by atoms with Crippen LogP contribution in [0.1, 0.15) is 57.1 Å². The second-order valence-corrected chi connectivity index (χ2v) is 20.7. The summed E-state index contributed by atoms with van der Waals surface area (Å²) in [5.74, 6) is -0.695. The van der Waals surface area contributed by atoms with Gasteiger partial charge >= 0.3 is 6.03 Å². The first-order valence-electron chi connectivity index (χ1n) is 17.8. The van der Waals surface area contributed by atoms with Gasteiger partial charge in [0.25, 0.3) is 10.0 Å². The lowest BCUT2D eigenvalue weighted by atomic mass is 9.90. The number of nitrogens with one attached hydrogen (secondary N) is 3. The molecule has 4 aromatic rings. The van der Waals surface area contributed by atoms with Gasteiger partial charge in [-0.3, -0.25) is 5.32 Å². The summed E-state index contributed by atoms with van der Waals surface area (Å²) in [7, 11) is -10.4. The molecule has 0 aromatic heterocycles. The van der Waals surface area contributed by atoms with Gasteiger partial charge in [0.15, 0.2) is 15.5 Å². The van der Waals surface area contributed by atoms with Crippen molar-refractivity contribution in [2.75, 3.05) is 18.1 Å². The molecule has 3 unspecified atom stereocenters. The van der Waals surface area contributed by atoms with Crippen molar-refractivity contribution >= 4 is 47.4 Å². The van der Waals surface area contributed by atoms with Crippen LogP contribution in [0.3, 0.4) is 0 Å². The van der Waals surface area contributed by atoms with Crippen LogP contribution in [0.4, 0.5) is 10.5 Å². The van der Waals surface area contributed by atoms with Gasteiger partial charge in [0, 0.05) is 18.5 Å². The van der Waals surface area contributed by atoms with Crippen LogP contribution < -0.4 is 15.4 Å². The lowest BCUT2D eigenvalue weighted by Crippen LogP contribution is -2.51. The standard InChI is InChI=1S/C21H24N2O4S2.C19H21N3O3S/c1-15(2)29(26,27)23-21-12-13-28(24,25)14-20(21)18-6-4-16(5-7-18)17-8-10-19(22-3)11-9-17;1-13(2)26(24,25)22-18-17(12-20-19(23)21-18)16-10-8-15(9-11-16)14-6-4-3-5-7-14/h4-11,15,20-21,23H,12-14H2,1-2H3;3-11,13,17H,12H2,1-2H3,(H2,20,21,22,23). The molecule has 2 aliphatic heterocycles. The van der Waals surface area contributed by atoms with Crippen LogP contribution in [-0.4, -0.2) is 71.7 Å². The SMILES string of the molecule is CC(C)S(=O)(=O)N=C1NC(=O)NCC1c1ccc(-c2ccccc2)cc1.[C-]#[N+]c1ccc(-c2ccc(C3CS(=O)(=O)CCC3NS(=O)(=O)C(C)C)cc2)cc1. The highest BCUT2D eigenvalue weighted by Gasteiger charge is 2.37. The number of amidine groups is 1. The van der Waals surface area contributed by atoms with E-state index in [0.29, 0.717) is 12.2 Å². The minimum atomic E-state index is -3.67. The number of sulfonamides is 2. The van der Waals surface area contributed by atoms with Gasteiger partial charge in [0.1, 0.15) is 5.84 Å². The van der Waals surface area contributed by atoms with Crippen LogP contribution in [0.2, 0.25) is 0 Å². The lowest BCUT2D eigenvalue weighted by Gasteiger charge is -2.32. The molecule has 2 amide bonds. The van der Waals surface area contributed by atoms with Crippen molar-refractivity contribution in [2.24, 2.45) is 4.40 Å². The third-order valence-corrected chi connectivity index (χ3v) is 14.8. The number of carbonyl (C=O) groups is 1. The molecule has 0 saturated carbocycles. The van der Waals surface area contributed by atoms with Crippen molar-refractivity contribution in [3.8, 4) is 22.3 Å². The Hall–Kier alpha value is -4.88. The van der Waals surface area contributed by atoms with Gasteiger partial charge in [0.05, 0.1) is 34.5 Å². The third kappa shape index (κ3) is 10.7. The van der Waals surface area contributed by atoms with Gasteiger partial charge in [-0.05, 0) is 67.5 Å². The van der Waals surface area contributed by atoms with Crippen molar-refractivity contribution in [2.45, 2.75) is 62.5 Å². The van der Waals surface area contributed by atoms with Crippen molar-refractivity contribution < 1.29 is 30.0 Å². The number of urea groups is 1. The van der Waals surface area contributed by atoms with Gasteiger partial charge in [-0.1, -0.05) is 103 Å². The average molecular weight is 804 g/mol. The lowest BCUT2D eigenvalue weighted by molar-refractivity contribution is 0.243. The predicted molar refractivity (Wildman–Crippen MR) is 218 cm³/mol. The second kappa shape index (κ2) is 17.3. The fourth-order valence-electron chi connectivity index (χ4n) is 6.13. The maximum Gasteiger partial charge on any atom is 0.320 e. The highest BCUT2D eigenvalue weighted by molar-refractivity contribution is 7.91. The zero-order chi connectivity index (χ0) is 40.0. The topological polar surface area (TPSA) is 172 Å². The molecule has 0 radical (unpaired) electrons. The zero-order valence-corrected chi connectivity index (χ0v) is 33.5. The predicted octanol–water partition coefficient (Wildman–Crippen LogP) is 6.39. The Bertz CT molecular complexity index is 2380. The summed E-state index contributed by atoms with van der Waals surface area (Å²) in [6.07, 6.45) is 0.263. The number of sulfone groups is 1. The summed E-state index contributed by atoms with van der Waals surface area (Å²) in [6, 6.07) is 31.7. The molecule has 2 heterocycles. The van der Waals surface area contributed by atoms with E-state index in [1.807, 2.05) is 91.0 Å². The molecule has 4 aromatic carbocycles. The number of hydrogen-bond donors (Lipinski definition) is 3. The van der Waals surface area contributed by atoms with E-state index in [0.717, 1.165) is 33.4 Å². The van der Waals surface area contributed by atoms with Crippen molar-refractivity contribution in [3.63, 3.8) is 0 Å². The van der Waals surface area contributed by atoms with E-state index in [2.05, 4.69) is 24.6 Å². The van der Waals surface area contributed by atoms with Crippen LogP contribution in [0.25, 0.3) is 27.1 Å². The molecule has 2 aliphatic rings. The van der Waals surface area contributed by atoms with E-state index < -0.39 is 58.4 Å². The summed E-state index contributed by atoms with van der Waals surface area (Å²) in [4.78, 5) is 15.0. The zero-order valence-electron chi connectivity index (χ0n) is 31.0. The number of hydrogen-bond acceptors (Lipinski definition) is 7. The summed E-state index contributed by atoms with van der Waals surface area (Å²) in [6.45, 7) is 13.6. The average Bonchev–Trinajstić information content (AvgIpc) is 3.16. The minimum Gasteiger partial charge on any atom is -0.337 e. The van der Waals surface area contributed by atoms with Gasteiger partial charge in [-0.2, -0.15) is 0 Å². The highest BCUT2D eigenvalue weighted by Crippen LogP contribution is 2.32. The molecule has 3 N–H and O–H groups in total. The summed E-state index contributed by atoms with van der Waals surface area (Å²) >= 11 is 0. The number of rotatable bonds is 9. The molecule has 55 heavy (non-hydrogen) atoms. The highest BCUT2D eigenvalue weighted by atomic mass is 32.2. The summed E-state index contributed by atoms with van der Waals surface area (Å²) < 4.78 is 80.1. The Morgan fingerprint density at radius 1 is 0.764 bits per heavy atom. The first-order chi connectivity index (χ1) is 26.0. The Labute approximate surface area is 324 Å². The van der Waals surface area contributed by atoms with Crippen LogP contribution in [0, 0.1) is 6.57 Å². The van der Waals surface area contributed by atoms with E-state index in [9.17, 15) is 30.0 Å². The monoisotopic (exact) mass is 803 g/mol. The van der Waals surface area contributed by atoms with E-state index >= 15 is 0 Å². The van der Waals surface area contributed by atoms with Crippen molar-refractivity contribution in [3.05, 3.63) is 126 Å². The van der Waals surface area contributed by atoms with Crippen LogP contribution in [-0.2, 0) is 29.9 Å². The largest absolute Gasteiger partial charge is 0.337 e. The van der Waals surface area contributed by atoms with Gasteiger partial charge in [0.2, 0.25) is 10.0 Å². The van der Waals surface area contributed by atoms with E-state index in [4.69, 9.17) is 6.57 Å². The van der Waals surface area contributed by atoms with Gasteiger partial charge in [-0.25, -0.2) is 39.6 Å². The summed E-state index contributed by atoms with van der Waals surface area (Å²) in [5, 5.41) is 4.01. The van der Waals surface area contributed by atoms with Gasteiger partial charge < -0.3 is 5.32 Å². The molecule has 12 nitrogen and oxygen atoms in total. The first-order valence-corrected chi connectivity index (χ1v) is 22.7. The molecule has 3 atom stereocenters. The third-order valence-electron chi connectivity index (χ3n) is 9.54. The maximum atomic E-state index is 12.3. The summed E-state index contributed by atoms with van der Waals surface area (Å²) in [5.41, 5.74) is 6.32. The van der Waals surface area contributed by atoms with E-state index in [1.54, 1.807) is 39.8 Å².